The Kier molecular flexibility index (Phi) is 5.31. The van der Waals surface area contributed by atoms with Gasteiger partial charge in [0.25, 0.3) is 0 Å². The van der Waals surface area contributed by atoms with Crippen LogP contribution in [0.3, 0.4) is 0 Å². The van der Waals surface area contributed by atoms with Crippen molar-refractivity contribution in [2.75, 3.05) is 26.3 Å². The number of hydrogen-bond acceptors (Lipinski definition) is 5. The van der Waals surface area contributed by atoms with E-state index in [1.807, 2.05) is 6.07 Å². The molecule has 1 fully saturated rings. The molecular formula is C14H18N2O4S. The first-order valence-corrected chi connectivity index (χ1v) is 8.25. The van der Waals surface area contributed by atoms with Crippen LogP contribution in [0.15, 0.2) is 29.2 Å². The van der Waals surface area contributed by atoms with E-state index in [9.17, 15) is 8.42 Å². The highest BCUT2D eigenvalue weighted by Gasteiger charge is 2.31. The Morgan fingerprint density at radius 1 is 1.33 bits per heavy atom. The lowest BCUT2D eigenvalue weighted by atomic mass is 10.1. The van der Waals surface area contributed by atoms with Gasteiger partial charge in [-0.05, 0) is 25.0 Å². The summed E-state index contributed by atoms with van der Waals surface area (Å²) in [5.74, 6) is 0. The second-order valence-electron chi connectivity index (χ2n) is 4.81. The molecule has 6 nitrogen and oxygen atoms in total. The van der Waals surface area contributed by atoms with Gasteiger partial charge in [0.1, 0.15) is 6.07 Å². The van der Waals surface area contributed by atoms with Crippen molar-refractivity contribution in [1.82, 2.24) is 4.31 Å². The molecule has 0 atom stereocenters. The summed E-state index contributed by atoms with van der Waals surface area (Å²) in [6.07, 6.45) is 1.16. The molecule has 0 radical (unpaired) electrons. The fraction of sp³-hybridized carbons (Fsp3) is 0.500. The van der Waals surface area contributed by atoms with E-state index in [4.69, 9.17) is 15.1 Å². The van der Waals surface area contributed by atoms with Crippen LogP contribution in [0, 0.1) is 11.3 Å². The highest BCUT2D eigenvalue weighted by atomic mass is 32.2. The summed E-state index contributed by atoms with van der Waals surface area (Å²) < 4.78 is 32.0. The van der Waals surface area contributed by atoms with Crippen molar-refractivity contribution >= 4 is 10.0 Å². The van der Waals surface area contributed by atoms with Gasteiger partial charge < -0.3 is 9.84 Å². The highest BCUT2D eigenvalue weighted by molar-refractivity contribution is 7.89. The number of aliphatic hydroxyl groups is 1. The van der Waals surface area contributed by atoms with E-state index in [0.717, 1.165) is 0 Å². The normalized spacial score (nSPS) is 17.5. The molecule has 0 amide bonds. The van der Waals surface area contributed by atoms with Crippen LogP contribution >= 0.6 is 0 Å². The standard InChI is InChI=1S/C14H18N2O4S/c15-11-12-3-1-2-4-14(12)21(18,19)16-7-5-13(6-8-16)20-10-9-17/h1-4,13,17H,5-10H2. The average molecular weight is 310 g/mol. The largest absolute Gasteiger partial charge is 0.394 e. The minimum absolute atomic E-state index is 0.0187. The molecular weight excluding hydrogens is 292 g/mol. The molecule has 0 bridgehead atoms. The van der Waals surface area contributed by atoms with Crippen LogP contribution in [-0.4, -0.2) is 50.2 Å². The summed E-state index contributed by atoms with van der Waals surface area (Å²) >= 11 is 0. The summed E-state index contributed by atoms with van der Waals surface area (Å²) in [5.41, 5.74) is 0.163. The molecule has 1 aromatic rings. The number of nitrogens with zero attached hydrogens (tertiary/aromatic N) is 2. The van der Waals surface area contributed by atoms with Gasteiger partial charge in [0, 0.05) is 13.1 Å². The fourth-order valence-electron chi connectivity index (χ4n) is 2.38. The van der Waals surface area contributed by atoms with E-state index >= 15 is 0 Å². The second-order valence-corrected chi connectivity index (χ2v) is 6.71. The van der Waals surface area contributed by atoms with Gasteiger partial charge in [-0.25, -0.2) is 8.42 Å². The number of piperidine rings is 1. The Bertz CT molecular complexity index is 616. The van der Waals surface area contributed by atoms with Crippen molar-refractivity contribution in [2.45, 2.75) is 23.8 Å². The summed E-state index contributed by atoms with van der Waals surface area (Å²) in [7, 11) is -3.64. The Balaban J connectivity index is 2.10. The quantitative estimate of drug-likeness (QED) is 0.865. The number of aliphatic hydroxyl groups excluding tert-OH is 1. The number of benzene rings is 1. The summed E-state index contributed by atoms with van der Waals surface area (Å²) in [4.78, 5) is 0.0576. The van der Waals surface area contributed by atoms with Gasteiger partial charge in [0.2, 0.25) is 10.0 Å². The van der Waals surface area contributed by atoms with Crippen molar-refractivity contribution < 1.29 is 18.3 Å². The maximum atomic E-state index is 12.6. The minimum atomic E-state index is -3.64. The molecule has 0 unspecified atom stereocenters. The molecule has 1 aromatic carbocycles. The molecule has 1 aliphatic heterocycles. The van der Waals surface area contributed by atoms with Crippen LogP contribution in [0.2, 0.25) is 0 Å². The Labute approximate surface area is 124 Å². The van der Waals surface area contributed by atoms with Gasteiger partial charge in [0.15, 0.2) is 0 Å². The van der Waals surface area contributed by atoms with Crippen molar-refractivity contribution in [3.8, 4) is 6.07 Å². The van der Waals surface area contributed by atoms with E-state index in [0.29, 0.717) is 25.9 Å². The van der Waals surface area contributed by atoms with E-state index < -0.39 is 10.0 Å². The lowest BCUT2D eigenvalue weighted by Crippen LogP contribution is -2.41. The highest BCUT2D eigenvalue weighted by Crippen LogP contribution is 2.24. The van der Waals surface area contributed by atoms with Gasteiger partial charge in [-0.15, -0.1) is 0 Å². The van der Waals surface area contributed by atoms with Gasteiger partial charge in [-0.1, -0.05) is 12.1 Å². The lowest BCUT2D eigenvalue weighted by molar-refractivity contribution is 0.00318. The van der Waals surface area contributed by atoms with Crippen LogP contribution < -0.4 is 0 Å². The third-order valence-electron chi connectivity index (χ3n) is 3.47. The zero-order valence-corrected chi connectivity index (χ0v) is 12.4. The first kappa shape index (κ1) is 15.9. The maximum Gasteiger partial charge on any atom is 0.244 e. The molecule has 0 spiro atoms. The maximum absolute atomic E-state index is 12.6. The molecule has 1 heterocycles. The predicted octanol–water partition coefficient (Wildman–Crippen LogP) is 0.720. The van der Waals surface area contributed by atoms with E-state index in [2.05, 4.69) is 0 Å². The molecule has 1 saturated heterocycles. The lowest BCUT2D eigenvalue weighted by Gasteiger charge is -2.31. The van der Waals surface area contributed by atoms with Crippen LogP contribution in [0.25, 0.3) is 0 Å². The number of sulfonamides is 1. The molecule has 1 aliphatic rings. The monoisotopic (exact) mass is 310 g/mol. The van der Waals surface area contributed by atoms with E-state index in [1.54, 1.807) is 12.1 Å². The Hall–Kier alpha value is -1.46. The number of hydrogen-bond donors (Lipinski definition) is 1. The molecule has 7 heteroatoms. The van der Waals surface area contributed by atoms with Crippen molar-refractivity contribution in [1.29, 1.82) is 5.26 Å². The third kappa shape index (κ3) is 3.60. The van der Waals surface area contributed by atoms with E-state index in [1.165, 1.54) is 16.4 Å². The SMILES string of the molecule is N#Cc1ccccc1S(=O)(=O)N1CCC(OCCO)CC1. The molecule has 0 aliphatic carbocycles. The van der Waals surface area contributed by atoms with Crippen LogP contribution in [-0.2, 0) is 14.8 Å². The Morgan fingerprint density at radius 3 is 2.62 bits per heavy atom. The second kappa shape index (κ2) is 7.00. The Morgan fingerprint density at radius 2 is 2.00 bits per heavy atom. The predicted molar refractivity (Wildman–Crippen MR) is 76.0 cm³/mol. The zero-order chi connectivity index (χ0) is 15.3. The summed E-state index contributed by atoms with van der Waals surface area (Å²) in [6.45, 7) is 0.957. The smallest absolute Gasteiger partial charge is 0.244 e. The van der Waals surface area contributed by atoms with Crippen LogP contribution in [0.5, 0.6) is 0 Å². The number of ether oxygens (including phenoxy) is 1. The molecule has 114 valence electrons. The van der Waals surface area contributed by atoms with Gasteiger partial charge in [-0.3, -0.25) is 0 Å². The van der Waals surface area contributed by atoms with Crippen LogP contribution in [0.1, 0.15) is 18.4 Å². The molecule has 1 N–H and O–H groups in total. The zero-order valence-electron chi connectivity index (χ0n) is 11.6. The van der Waals surface area contributed by atoms with Crippen molar-refractivity contribution in [3.63, 3.8) is 0 Å². The van der Waals surface area contributed by atoms with Crippen molar-refractivity contribution in [2.24, 2.45) is 0 Å². The first-order chi connectivity index (χ1) is 10.1. The topological polar surface area (TPSA) is 90.6 Å². The van der Waals surface area contributed by atoms with Gasteiger partial charge in [0.05, 0.1) is 29.8 Å². The molecule has 0 aromatic heterocycles. The summed E-state index contributed by atoms with van der Waals surface area (Å²) in [5, 5.41) is 17.8. The molecule has 2 rings (SSSR count). The fourth-order valence-corrected chi connectivity index (χ4v) is 3.99. The number of rotatable bonds is 5. The van der Waals surface area contributed by atoms with Gasteiger partial charge >= 0.3 is 0 Å². The average Bonchev–Trinajstić information content (AvgIpc) is 2.53. The van der Waals surface area contributed by atoms with Crippen LogP contribution in [0.4, 0.5) is 0 Å². The molecule has 21 heavy (non-hydrogen) atoms. The van der Waals surface area contributed by atoms with E-state index in [-0.39, 0.29) is 29.8 Å². The number of nitriles is 1. The van der Waals surface area contributed by atoms with Gasteiger partial charge in [-0.2, -0.15) is 9.57 Å². The summed E-state index contributed by atoms with van der Waals surface area (Å²) in [6, 6.07) is 8.14. The minimum Gasteiger partial charge on any atom is -0.394 e. The van der Waals surface area contributed by atoms with Crippen molar-refractivity contribution in [3.05, 3.63) is 29.8 Å². The third-order valence-corrected chi connectivity index (χ3v) is 5.43. The molecule has 0 saturated carbocycles. The first-order valence-electron chi connectivity index (χ1n) is 6.81.